The molecule has 1 aromatic carbocycles. The van der Waals surface area contributed by atoms with Crippen molar-refractivity contribution in [3.63, 3.8) is 0 Å². The average Bonchev–Trinajstić information content (AvgIpc) is 2.20. The maximum atomic E-state index is 11.6. The molecule has 4 N–H and O–H groups in total. The van der Waals surface area contributed by atoms with Gasteiger partial charge in [-0.3, -0.25) is 9.59 Å². The fourth-order valence-corrected chi connectivity index (χ4v) is 2.61. The van der Waals surface area contributed by atoms with Gasteiger partial charge in [0, 0.05) is 5.69 Å². The second-order valence-electron chi connectivity index (χ2n) is 3.42. The zero-order valence-electron chi connectivity index (χ0n) is 8.27. The largest absolute Gasteiger partial charge is 0.481 e. The third kappa shape index (κ3) is 1.96. The number of carboxylic acid groups (broad SMARTS) is 1. The van der Waals surface area contributed by atoms with Crippen molar-refractivity contribution in [3.05, 3.63) is 18.2 Å². The Bertz CT molecular complexity index is 461. The Morgan fingerprint density at radius 1 is 1.56 bits per heavy atom. The third-order valence-corrected chi connectivity index (χ3v) is 3.57. The first-order valence-corrected chi connectivity index (χ1v) is 5.53. The second kappa shape index (κ2) is 4.05. The van der Waals surface area contributed by atoms with Crippen LogP contribution in [0.15, 0.2) is 23.1 Å². The van der Waals surface area contributed by atoms with Crippen LogP contribution in [-0.2, 0) is 9.59 Å². The van der Waals surface area contributed by atoms with E-state index in [1.165, 1.54) is 11.8 Å². The van der Waals surface area contributed by atoms with Crippen molar-refractivity contribution < 1.29 is 14.7 Å². The van der Waals surface area contributed by atoms with E-state index in [0.29, 0.717) is 11.4 Å². The first-order chi connectivity index (χ1) is 7.58. The van der Waals surface area contributed by atoms with E-state index in [-0.39, 0.29) is 12.3 Å². The van der Waals surface area contributed by atoms with E-state index < -0.39 is 11.2 Å². The van der Waals surface area contributed by atoms with Gasteiger partial charge in [-0.25, -0.2) is 0 Å². The number of thioether (sulfide) groups is 1. The van der Waals surface area contributed by atoms with Gasteiger partial charge in [-0.05, 0) is 12.1 Å². The van der Waals surface area contributed by atoms with Crippen LogP contribution in [0, 0.1) is 0 Å². The Kier molecular flexibility index (Phi) is 2.74. The molecule has 84 valence electrons. The molecule has 1 aliphatic heterocycles. The lowest BCUT2D eigenvalue weighted by Crippen LogP contribution is -2.31. The molecule has 2 rings (SSSR count). The van der Waals surface area contributed by atoms with Crippen molar-refractivity contribution in [1.29, 1.82) is 0 Å². The Balaban J connectivity index is 2.30. The molecule has 1 aliphatic rings. The summed E-state index contributed by atoms with van der Waals surface area (Å²) in [6.45, 7) is 0. The summed E-state index contributed by atoms with van der Waals surface area (Å²) in [6.07, 6.45) is -0.204. The highest BCUT2D eigenvalue weighted by atomic mass is 32.2. The number of carboxylic acids is 1. The van der Waals surface area contributed by atoms with Crippen molar-refractivity contribution in [3.8, 4) is 0 Å². The Hall–Kier alpha value is -1.69. The SMILES string of the molecule is Nc1cccc2c1SC(CC(=O)O)C(=O)N2. The number of nitrogens with one attached hydrogen (secondary N) is 1. The molecule has 16 heavy (non-hydrogen) atoms. The molecule has 0 radical (unpaired) electrons. The molecule has 1 aromatic rings. The summed E-state index contributed by atoms with van der Waals surface area (Å²) in [5, 5.41) is 10.7. The molecule has 0 fully saturated rings. The number of nitrogen functional groups attached to an aromatic ring is 1. The smallest absolute Gasteiger partial charge is 0.305 e. The number of hydrogen-bond acceptors (Lipinski definition) is 4. The second-order valence-corrected chi connectivity index (χ2v) is 4.63. The zero-order chi connectivity index (χ0) is 11.7. The fraction of sp³-hybridized carbons (Fsp3) is 0.200. The number of carbonyl (C=O) groups is 2. The van der Waals surface area contributed by atoms with E-state index >= 15 is 0 Å². The number of nitrogens with two attached hydrogens (primary N) is 1. The summed E-state index contributed by atoms with van der Waals surface area (Å²) in [4.78, 5) is 22.9. The van der Waals surface area contributed by atoms with E-state index in [1.54, 1.807) is 18.2 Å². The number of aliphatic carboxylic acids is 1. The average molecular weight is 238 g/mol. The zero-order valence-corrected chi connectivity index (χ0v) is 9.08. The highest BCUT2D eigenvalue weighted by Gasteiger charge is 2.29. The molecule has 0 bridgehead atoms. The van der Waals surface area contributed by atoms with Crippen LogP contribution in [-0.4, -0.2) is 22.2 Å². The topological polar surface area (TPSA) is 92.4 Å². The first kappa shape index (κ1) is 10.8. The lowest BCUT2D eigenvalue weighted by molar-refractivity contribution is -0.138. The van der Waals surface area contributed by atoms with Crippen molar-refractivity contribution in [2.24, 2.45) is 0 Å². The molecule has 0 saturated heterocycles. The molecule has 5 nitrogen and oxygen atoms in total. The van der Waals surface area contributed by atoms with Crippen LogP contribution in [0.3, 0.4) is 0 Å². The third-order valence-electron chi connectivity index (χ3n) is 2.22. The van der Waals surface area contributed by atoms with Crippen LogP contribution < -0.4 is 11.1 Å². The van der Waals surface area contributed by atoms with Gasteiger partial charge in [-0.2, -0.15) is 0 Å². The van der Waals surface area contributed by atoms with Crippen LogP contribution in [0.4, 0.5) is 11.4 Å². The van der Waals surface area contributed by atoms with Crippen molar-refractivity contribution in [2.75, 3.05) is 11.1 Å². The number of fused-ring (bicyclic) bond motifs is 1. The van der Waals surface area contributed by atoms with Gasteiger partial charge in [0.1, 0.15) is 0 Å². The molecule has 0 aromatic heterocycles. The van der Waals surface area contributed by atoms with Crippen LogP contribution in [0.1, 0.15) is 6.42 Å². The highest BCUT2D eigenvalue weighted by molar-refractivity contribution is 8.01. The molecule has 0 saturated carbocycles. The van der Waals surface area contributed by atoms with Gasteiger partial charge in [-0.1, -0.05) is 6.07 Å². The number of anilines is 2. The molecule has 0 aliphatic carbocycles. The Morgan fingerprint density at radius 3 is 3.00 bits per heavy atom. The maximum Gasteiger partial charge on any atom is 0.305 e. The molecule has 1 unspecified atom stereocenters. The summed E-state index contributed by atoms with van der Waals surface area (Å²) >= 11 is 1.20. The molecule has 6 heteroatoms. The summed E-state index contributed by atoms with van der Waals surface area (Å²) < 4.78 is 0. The van der Waals surface area contributed by atoms with E-state index in [2.05, 4.69) is 5.32 Å². The Morgan fingerprint density at radius 2 is 2.31 bits per heavy atom. The predicted octanol–water partition coefficient (Wildman–Crippen LogP) is 1.16. The number of carbonyl (C=O) groups excluding carboxylic acids is 1. The van der Waals surface area contributed by atoms with Crippen LogP contribution in [0.2, 0.25) is 0 Å². The predicted molar refractivity (Wildman–Crippen MR) is 61.4 cm³/mol. The van der Waals surface area contributed by atoms with E-state index in [0.717, 1.165) is 4.90 Å². The highest BCUT2D eigenvalue weighted by Crippen LogP contribution is 2.40. The standard InChI is InChI=1S/C10H10N2O3S/c11-5-2-1-3-6-9(5)16-7(4-8(13)14)10(15)12-6/h1-3,7H,4,11H2,(H,12,15)(H,13,14). The van der Waals surface area contributed by atoms with Crippen LogP contribution >= 0.6 is 11.8 Å². The number of rotatable bonds is 2. The Labute approximate surface area is 96.0 Å². The number of hydrogen-bond donors (Lipinski definition) is 3. The lowest BCUT2D eigenvalue weighted by atomic mass is 10.2. The maximum absolute atomic E-state index is 11.6. The van der Waals surface area contributed by atoms with Gasteiger partial charge in [0.15, 0.2) is 0 Å². The summed E-state index contributed by atoms with van der Waals surface area (Å²) in [6, 6.07) is 5.21. The van der Waals surface area contributed by atoms with Crippen LogP contribution in [0.5, 0.6) is 0 Å². The van der Waals surface area contributed by atoms with Crippen LogP contribution in [0.25, 0.3) is 0 Å². The first-order valence-electron chi connectivity index (χ1n) is 4.65. The van der Waals surface area contributed by atoms with Gasteiger partial charge in [-0.15, -0.1) is 11.8 Å². The molecular weight excluding hydrogens is 228 g/mol. The number of benzene rings is 1. The minimum absolute atomic E-state index is 0.204. The fourth-order valence-electron chi connectivity index (χ4n) is 1.49. The summed E-state index contributed by atoms with van der Waals surface area (Å²) in [7, 11) is 0. The van der Waals surface area contributed by atoms with Crippen molar-refractivity contribution >= 4 is 35.0 Å². The lowest BCUT2D eigenvalue weighted by Gasteiger charge is -2.23. The molecule has 0 spiro atoms. The van der Waals surface area contributed by atoms with E-state index in [1.807, 2.05) is 0 Å². The summed E-state index contributed by atoms with van der Waals surface area (Å²) in [5.74, 6) is -1.28. The molecule has 1 amide bonds. The van der Waals surface area contributed by atoms with Crippen molar-refractivity contribution in [1.82, 2.24) is 0 Å². The molecule has 1 atom stereocenters. The van der Waals surface area contributed by atoms with Gasteiger partial charge in [0.25, 0.3) is 0 Å². The minimum atomic E-state index is -0.995. The molecule has 1 heterocycles. The molecular formula is C10H10N2O3S. The monoisotopic (exact) mass is 238 g/mol. The van der Waals surface area contributed by atoms with Gasteiger partial charge < -0.3 is 16.2 Å². The quantitative estimate of drug-likeness (QED) is 0.672. The van der Waals surface area contributed by atoms with Gasteiger partial charge >= 0.3 is 5.97 Å². The van der Waals surface area contributed by atoms with Gasteiger partial charge in [0.2, 0.25) is 5.91 Å². The minimum Gasteiger partial charge on any atom is -0.481 e. The van der Waals surface area contributed by atoms with Crippen molar-refractivity contribution in [2.45, 2.75) is 16.6 Å². The van der Waals surface area contributed by atoms with E-state index in [9.17, 15) is 9.59 Å². The normalized spacial score (nSPS) is 18.8. The summed E-state index contributed by atoms with van der Waals surface area (Å²) in [5.41, 5.74) is 6.96. The van der Waals surface area contributed by atoms with E-state index in [4.69, 9.17) is 10.8 Å². The van der Waals surface area contributed by atoms with Gasteiger partial charge in [0.05, 0.1) is 22.3 Å². The number of amides is 1.